The number of nitrogens with zero attached hydrogens (tertiary/aromatic N) is 3. The topological polar surface area (TPSA) is 105 Å². The zero-order valence-electron chi connectivity index (χ0n) is 11.0. The quantitative estimate of drug-likeness (QED) is 0.866. The van der Waals surface area contributed by atoms with Crippen molar-refractivity contribution in [3.63, 3.8) is 0 Å². The Bertz CT molecular complexity index is 741. The summed E-state index contributed by atoms with van der Waals surface area (Å²) >= 11 is 0. The molecule has 1 aromatic carbocycles. The van der Waals surface area contributed by atoms with Crippen LogP contribution in [0.5, 0.6) is 0 Å². The lowest BCUT2D eigenvalue weighted by molar-refractivity contribution is 0.102. The third kappa shape index (κ3) is 2.36. The molecule has 2 N–H and O–H groups in total. The second-order valence-corrected chi connectivity index (χ2v) is 4.25. The summed E-state index contributed by atoms with van der Waals surface area (Å²) in [5.41, 5.74) is 2.73. The van der Waals surface area contributed by atoms with Crippen LogP contribution in [0.1, 0.15) is 32.9 Å². The van der Waals surface area contributed by atoms with Crippen LogP contribution >= 0.6 is 0 Å². The Morgan fingerprint density at radius 2 is 1.95 bits per heavy atom. The molecule has 0 aliphatic carbocycles. The SMILES string of the molecule is Cc1n[nH]c(C)c1C(=O)Nc1ccc(C#N)c(C#N)c1. The van der Waals surface area contributed by atoms with Crippen molar-refractivity contribution in [2.45, 2.75) is 13.8 Å². The van der Waals surface area contributed by atoms with E-state index in [1.54, 1.807) is 19.9 Å². The average molecular weight is 265 g/mol. The largest absolute Gasteiger partial charge is 0.322 e. The molecule has 6 nitrogen and oxygen atoms in total. The fraction of sp³-hybridized carbons (Fsp3) is 0.143. The van der Waals surface area contributed by atoms with Gasteiger partial charge in [-0.15, -0.1) is 0 Å². The number of aryl methyl sites for hydroxylation is 2. The van der Waals surface area contributed by atoms with Crippen LogP contribution in [0.15, 0.2) is 18.2 Å². The average Bonchev–Trinajstić information content (AvgIpc) is 2.78. The first-order chi connectivity index (χ1) is 9.56. The smallest absolute Gasteiger partial charge is 0.259 e. The van der Waals surface area contributed by atoms with Gasteiger partial charge in [-0.1, -0.05) is 0 Å². The molecule has 98 valence electrons. The van der Waals surface area contributed by atoms with E-state index < -0.39 is 0 Å². The van der Waals surface area contributed by atoms with Crippen molar-refractivity contribution in [2.75, 3.05) is 5.32 Å². The predicted molar refractivity (Wildman–Crippen MR) is 71.9 cm³/mol. The van der Waals surface area contributed by atoms with Gasteiger partial charge < -0.3 is 5.32 Å². The number of benzene rings is 1. The van der Waals surface area contributed by atoms with Crippen molar-refractivity contribution < 1.29 is 4.79 Å². The van der Waals surface area contributed by atoms with Gasteiger partial charge in [0.05, 0.1) is 22.4 Å². The second-order valence-electron chi connectivity index (χ2n) is 4.25. The highest BCUT2D eigenvalue weighted by atomic mass is 16.1. The van der Waals surface area contributed by atoms with Crippen molar-refractivity contribution in [2.24, 2.45) is 0 Å². The molecule has 0 saturated carbocycles. The Morgan fingerprint density at radius 1 is 1.25 bits per heavy atom. The summed E-state index contributed by atoms with van der Waals surface area (Å²) in [7, 11) is 0. The summed E-state index contributed by atoms with van der Waals surface area (Å²) in [5.74, 6) is -0.303. The number of carbonyl (C=O) groups is 1. The maximum Gasteiger partial charge on any atom is 0.259 e. The number of nitriles is 2. The minimum absolute atomic E-state index is 0.228. The van der Waals surface area contributed by atoms with Crippen molar-refractivity contribution in [3.05, 3.63) is 46.3 Å². The second kappa shape index (κ2) is 5.25. The van der Waals surface area contributed by atoms with Gasteiger partial charge in [-0.3, -0.25) is 9.89 Å². The maximum atomic E-state index is 12.2. The number of aromatic amines is 1. The number of hydrogen-bond acceptors (Lipinski definition) is 4. The molecule has 0 aliphatic rings. The lowest BCUT2D eigenvalue weighted by atomic mass is 10.1. The molecular formula is C14H11N5O. The molecule has 0 bridgehead atoms. The predicted octanol–water partition coefficient (Wildman–Crippen LogP) is 2.02. The molecule has 0 aliphatic heterocycles. The first kappa shape index (κ1) is 13.3. The molecule has 0 unspecified atom stereocenters. The van der Waals surface area contributed by atoms with E-state index in [2.05, 4.69) is 15.5 Å². The van der Waals surface area contributed by atoms with Gasteiger partial charge in [0.2, 0.25) is 0 Å². The standard InChI is InChI=1S/C14H11N5O/c1-8-13(9(2)19-18-8)14(20)17-12-4-3-10(6-15)11(5-12)7-16/h3-5H,1-2H3,(H,17,20)(H,18,19). The first-order valence-corrected chi connectivity index (χ1v) is 5.84. The first-order valence-electron chi connectivity index (χ1n) is 5.84. The van der Waals surface area contributed by atoms with Crippen molar-refractivity contribution in [1.82, 2.24) is 10.2 Å². The Labute approximate surface area is 115 Å². The lowest BCUT2D eigenvalue weighted by Crippen LogP contribution is -2.13. The molecule has 0 spiro atoms. The van der Waals surface area contributed by atoms with E-state index in [4.69, 9.17) is 10.5 Å². The molecule has 0 radical (unpaired) electrons. The van der Waals surface area contributed by atoms with Crippen LogP contribution in [0.2, 0.25) is 0 Å². The summed E-state index contributed by atoms with van der Waals surface area (Å²) in [4.78, 5) is 12.2. The van der Waals surface area contributed by atoms with E-state index in [-0.39, 0.29) is 17.0 Å². The number of aromatic nitrogens is 2. The van der Waals surface area contributed by atoms with E-state index in [0.717, 1.165) is 0 Å². The molecule has 6 heteroatoms. The van der Waals surface area contributed by atoms with E-state index in [9.17, 15) is 4.79 Å². The third-order valence-corrected chi connectivity index (χ3v) is 2.87. The van der Waals surface area contributed by atoms with Gasteiger partial charge in [-0.2, -0.15) is 15.6 Å². The molecule has 0 saturated heterocycles. The van der Waals surface area contributed by atoms with Gasteiger partial charge in [0, 0.05) is 11.4 Å². The highest BCUT2D eigenvalue weighted by Gasteiger charge is 2.15. The highest BCUT2D eigenvalue weighted by molar-refractivity contribution is 6.05. The summed E-state index contributed by atoms with van der Waals surface area (Å²) in [6, 6.07) is 8.41. The van der Waals surface area contributed by atoms with Crippen LogP contribution in [0.25, 0.3) is 0 Å². The van der Waals surface area contributed by atoms with Crippen LogP contribution in [0.4, 0.5) is 5.69 Å². The van der Waals surface area contributed by atoms with Crippen molar-refractivity contribution in [1.29, 1.82) is 10.5 Å². The van der Waals surface area contributed by atoms with Crippen LogP contribution < -0.4 is 5.32 Å². The van der Waals surface area contributed by atoms with Crippen LogP contribution in [0.3, 0.4) is 0 Å². The molecule has 0 fully saturated rings. The normalized spacial score (nSPS) is 9.60. The van der Waals surface area contributed by atoms with Crippen LogP contribution in [-0.4, -0.2) is 16.1 Å². The van der Waals surface area contributed by atoms with E-state index in [1.165, 1.54) is 12.1 Å². The maximum absolute atomic E-state index is 12.2. The van der Waals surface area contributed by atoms with Gasteiger partial charge in [0.1, 0.15) is 12.1 Å². The third-order valence-electron chi connectivity index (χ3n) is 2.87. The van der Waals surface area contributed by atoms with Gasteiger partial charge in [-0.05, 0) is 32.0 Å². The molecule has 1 amide bonds. The Hall–Kier alpha value is -3.12. The molecule has 2 rings (SSSR count). The summed E-state index contributed by atoms with van der Waals surface area (Å²) in [6.07, 6.45) is 0. The molecule has 0 atom stereocenters. The van der Waals surface area contributed by atoms with E-state index in [1.807, 2.05) is 12.1 Å². The number of amides is 1. The summed E-state index contributed by atoms with van der Waals surface area (Å²) in [6.45, 7) is 3.49. The van der Waals surface area contributed by atoms with Gasteiger partial charge >= 0.3 is 0 Å². The minimum atomic E-state index is -0.303. The minimum Gasteiger partial charge on any atom is -0.322 e. The summed E-state index contributed by atoms with van der Waals surface area (Å²) in [5, 5.41) is 27.2. The number of nitrogens with one attached hydrogen (secondary N) is 2. The Morgan fingerprint density at radius 3 is 2.50 bits per heavy atom. The van der Waals surface area contributed by atoms with Crippen molar-refractivity contribution in [3.8, 4) is 12.1 Å². The van der Waals surface area contributed by atoms with E-state index >= 15 is 0 Å². The highest BCUT2D eigenvalue weighted by Crippen LogP contribution is 2.17. The fourth-order valence-electron chi connectivity index (χ4n) is 1.89. The van der Waals surface area contributed by atoms with E-state index in [0.29, 0.717) is 22.6 Å². The number of carbonyl (C=O) groups excluding carboxylic acids is 1. The summed E-state index contributed by atoms with van der Waals surface area (Å²) < 4.78 is 0. The van der Waals surface area contributed by atoms with Crippen LogP contribution in [0, 0.1) is 36.5 Å². The number of rotatable bonds is 2. The van der Waals surface area contributed by atoms with Gasteiger partial charge in [0.25, 0.3) is 5.91 Å². The monoisotopic (exact) mass is 265 g/mol. The molecule has 20 heavy (non-hydrogen) atoms. The fourth-order valence-corrected chi connectivity index (χ4v) is 1.89. The zero-order chi connectivity index (χ0) is 14.7. The lowest BCUT2D eigenvalue weighted by Gasteiger charge is -2.06. The Balaban J connectivity index is 2.30. The van der Waals surface area contributed by atoms with Gasteiger partial charge in [-0.25, -0.2) is 0 Å². The number of anilines is 1. The Kier molecular flexibility index (Phi) is 3.49. The number of H-pyrrole nitrogens is 1. The molecule has 2 aromatic rings. The van der Waals surface area contributed by atoms with Gasteiger partial charge in [0.15, 0.2) is 0 Å². The molecule has 1 heterocycles. The van der Waals surface area contributed by atoms with Crippen LogP contribution in [-0.2, 0) is 0 Å². The zero-order valence-corrected chi connectivity index (χ0v) is 11.0. The molecular weight excluding hydrogens is 254 g/mol. The number of hydrogen-bond donors (Lipinski definition) is 2. The molecule has 1 aromatic heterocycles. The van der Waals surface area contributed by atoms with Crippen molar-refractivity contribution >= 4 is 11.6 Å².